The summed E-state index contributed by atoms with van der Waals surface area (Å²) >= 11 is 0. The van der Waals surface area contributed by atoms with E-state index in [9.17, 15) is 22.4 Å². The zero-order valence-electron chi connectivity index (χ0n) is 18.2. The molecular weight excluding hydrogens is 436 g/mol. The molecule has 0 unspecified atom stereocenters. The van der Waals surface area contributed by atoms with Gasteiger partial charge in [-0.3, -0.25) is 4.79 Å². The first-order valence-corrected chi connectivity index (χ1v) is 11.4. The molecule has 2 aliphatic heterocycles. The van der Waals surface area contributed by atoms with Gasteiger partial charge in [0.1, 0.15) is 5.82 Å². The van der Waals surface area contributed by atoms with Gasteiger partial charge in [-0.15, -0.1) is 0 Å². The molecule has 1 saturated heterocycles. The Labute approximate surface area is 189 Å². The summed E-state index contributed by atoms with van der Waals surface area (Å²) in [6.07, 6.45) is 0.949. The van der Waals surface area contributed by atoms with Crippen LogP contribution in [0.15, 0.2) is 36.5 Å². The van der Waals surface area contributed by atoms with E-state index < -0.39 is 17.8 Å². The Morgan fingerprint density at radius 3 is 2.42 bits per heavy atom. The molecule has 2 fully saturated rings. The highest BCUT2D eigenvalue weighted by Crippen LogP contribution is 2.42. The van der Waals surface area contributed by atoms with Crippen molar-refractivity contribution in [2.24, 2.45) is 5.92 Å². The van der Waals surface area contributed by atoms with Crippen LogP contribution in [0.3, 0.4) is 0 Å². The van der Waals surface area contributed by atoms with Gasteiger partial charge in [0.2, 0.25) is 11.8 Å². The molecule has 3 aliphatic rings. The van der Waals surface area contributed by atoms with Crippen LogP contribution in [-0.2, 0) is 11.3 Å². The predicted molar refractivity (Wildman–Crippen MR) is 118 cm³/mol. The van der Waals surface area contributed by atoms with Gasteiger partial charge in [-0.1, -0.05) is 6.07 Å². The van der Waals surface area contributed by atoms with Gasteiger partial charge in [-0.05, 0) is 37.1 Å². The van der Waals surface area contributed by atoms with Gasteiger partial charge in [-0.2, -0.15) is 0 Å². The molecule has 5 nitrogen and oxygen atoms in total. The Kier molecular flexibility index (Phi) is 5.45. The van der Waals surface area contributed by atoms with E-state index in [1.165, 1.54) is 0 Å². The number of halogens is 4. The smallest absolute Gasteiger partial charge is 0.251 e. The molecule has 1 aromatic heterocycles. The fourth-order valence-corrected chi connectivity index (χ4v) is 4.90. The number of carbonyl (C=O) groups is 1. The second-order valence-electron chi connectivity index (χ2n) is 9.24. The van der Waals surface area contributed by atoms with Crippen LogP contribution in [0.1, 0.15) is 44.1 Å². The highest BCUT2D eigenvalue weighted by Gasteiger charge is 2.40. The van der Waals surface area contributed by atoms with Crippen LogP contribution < -0.4 is 15.1 Å². The fourth-order valence-electron chi connectivity index (χ4n) is 4.90. The van der Waals surface area contributed by atoms with Crippen LogP contribution in [0.5, 0.6) is 0 Å². The third-order valence-electron chi connectivity index (χ3n) is 6.94. The highest BCUT2D eigenvalue weighted by molar-refractivity contribution is 6.00. The molecule has 0 radical (unpaired) electrons. The Balaban J connectivity index is 1.48. The lowest BCUT2D eigenvalue weighted by Gasteiger charge is -2.35. The molecule has 0 spiro atoms. The van der Waals surface area contributed by atoms with E-state index in [4.69, 9.17) is 0 Å². The van der Waals surface area contributed by atoms with Crippen LogP contribution >= 0.6 is 0 Å². The molecular formula is C24H26F4N4O. The maximum Gasteiger partial charge on any atom is 0.251 e. The zero-order chi connectivity index (χ0) is 23.2. The molecule has 5 rings (SSSR count). The van der Waals surface area contributed by atoms with Crippen molar-refractivity contribution < 1.29 is 22.4 Å². The summed E-state index contributed by atoms with van der Waals surface area (Å²) < 4.78 is 54.7. The molecule has 2 aromatic rings. The number of carbonyl (C=O) groups excluding carboxylic acids is 1. The van der Waals surface area contributed by atoms with E-state index in [2.05, 4.69) is 10.3 Å². The topological polar surface area (TPSA) is 48.5 Å². The molecule has 176 valence electrons. The van der Waals surface area contributed by atoms with E-state index in [0.717, 1.165) is 11.3 Å². The van der Waals surface area contributed by atoms with Crippen LogP contribution in [0.25, 0.3) is 0 Å². The number of piperidine rings is 1. The molecule has 3 heterocycles. The Bertz CT molecular complexity index is 1040. The minimum atomic E-state index is -2.71. The van der Waals surface area contributed by atoms with Crippen molar-refractivity contribution in [2.45, 2.75) is 56.9 Å². The summed E-state index contributed by atoms with van der Waals surface area (Å²) in [4.78, 5) is 21.5. The quantitative estimate of drug-likeness (QED) is 0.579. The largest absolute Gasteiger partial charge is 0.371 e. The number of hydrogen-bond acceptors (Lipinski definition) is 4. The minimum Gasteiger partial charge on any atom is -0.371 e. The number of rotatable bonds is 2. The number of hydrogen-bond donors (Lipinski definition) is 1. The molecule has 9 heteroatoms. The van der Waals surface area contributed by atoms with Crippen molar-refractivity contribution in [1.29, 1.82) is 0 Å². The molecule has 1 saturated carbocycles. The van der Waals surface area contributed by atoms with E-state index in [1.807, 2.05) is 29.2 Å². The van der Waals surface area contributed by atoms with E-state index in [0.29, 0.717) is 17.2 Å². The number of alkyl halides is 4. The van der Waals surface area contributed by atoms with Crippen molar-refractivity contribution >= 4 is 28.8 Å². The number of amides is 1. The monoisotopic (exact) mass is 462 g/mol. The summed E-state index contributed by atoms with van der Waals surface area (Å²) in [6.45, 7) is 0.718. The van der Waals surface area contributed by atoms with Crippen molar-refractivity contribution in [3.8, 4) is 0 Å². The normalized spacial score (nSPS) is 22.1. The van der Waals surface area contributed by atoms with Gasteiger partial charge in [0.15, 0.2) is 0 Å². The first-order valence-electron chi connectivity index (χ1n) is 11.4. The number of pyridine rings is 1. The maximum absolute atomic E-state index is 13.7. The van der Waals surface area contributed by atoms with Crippen molar-refractivity contribution in [2.75, 3.05) is 28.2 Å². The lowest BCUT2D eigenvalue weighted by atomic mass is 9.85. The standard InChI is InChI=1S/C24H26F4N4O/c25-23(26)7-5-16(6-8-23)22(33)32-15-17-2-1-11-29-21(17)30-19-4-3-18(14-20(19)32)31-12-9-24(27,28)10-13-31/h1-4,11,14,16H,5-10,12-13,15H2,(H,29,30). The summed E-state index contributed by atoms with van der Waals surface area (Å²) in [5, 5.41) is 3.28. The molecule has 1 aromatic carbocycles. The van der Waals surface area contributed by atoms with Gasteiger partial charge in [0.25, 0.3) is 5.92 Å². The van der Waals surface area contributed by atoms with E-state index in [-0.39, 0.29) is 64.1 Å². The number of nitrogens with zero attached hydrogens (tertiary/aromatic N) is 3. The number of fused-ring (bicyclic) bond motifs is 2. The van der Waals surface area contributed by atoms with Crippen LogP contribution in [0.2, 0.25) is 0 Å². The molecule has 1 amide bonds. The Morgan fingerprint density at radius 1 is 1.00 bits per heavy atom. The minimum absolute atomic E-state index is 0.145. The summed E-state index contributed by atoms with van der Waals surface area (Å²) in [6, 6.07) is 9.19. The molecule has 0 bridgehead atoms. The maximum atomic E-state index is 13.7. The molecule has 33 heavy (non-hydrogen) atoms. The van der Waals surface area contributed by atoms with Gasteiger partial charge in [-0.25, -0.2) is 22.5 Å². The Hall–Kier alpha value is -2.84. The van der Waals surface area contributed by atoms with Crippen molar-refractivity contribution in [3.05, 3.63) is 42.1 Å². The predicted octanol–water partition coefficient (Wildman–Crippen LogP) is 5.73. The summed E-state index contributed by atoms with van der Waals surface area (Å²) in [5.41, 5.74) is 2.87. The summed E-state index contributed by atoms with van der Waals surface area (Å²) in [5.74, 6) is -5.40. The molecule has 0 atom stereocenters. The van der Waals surface area contributed by atoms with E-state index in [1.54, 1.807) is 17.2 Å². The number of benzene rings is 1. The van der Waals surface area contributed by atoms with Crippen LogP contribution in [0, 0.1) is 5.92 Å². The van der Waals surface area contributed by atoms with Crippen LogP contribution in [-0.4, -0.2) is 35.8 Å². The number of nitrogens with one attached hydrogen (secondary N) is 1. The summed E-state index contributed by atoms with van der Waals surface area (Å²) in [7, 11) is 0. The molecule has 1 aliphatic carbocycles. The van der Waals surface area contributed by atoms with Crippen molar-refractivity contribution in [3.63, 3.8) is 0 Å². The fraction of sp³-hybridized carbons (Fsp3) is 0.500. The zero-order valence-corrected chi connectivity index (χ0v) is 18.2. The average molecular weight is 462 g/mol. The first kappa shape index (κ1) is 22.0. The lowest BCUT2D eigenvalue weighted by molar-refractivity contribution is -0.126. The first-order chi connectivity index (χ1) is 15.7. The third kappa shape index (κ3) is 4.50. The Morgan fingerprint density at radius 2 is 1.70 bits per heavy atom. The third-order valence-corrected chi connectivity index (χ3v) is 6.94. The average Bonchev–Trinajstić information content (AvgIpc) is 2.95. The van der Waals surface area contributed by atoms with E-state index >= 15 is 0 Å². The van der Waals surface area contributed by atoms with Gasteiger partial charge in [0, 0.05) is 62.1 Å². The SMILES string of the molecule is O=C(C1CCC(F)(F)CC1)N1Cc2cccnc2Nc2ccc(N3CCC(F)(F)CC3)cc21. The van der Waals surface area contributed by atoms with Gasteiger partial charge < -0.3 is 15.1 Å². The number of aromatic nitrogens is 1. The second-order valence-corrected chi connectivity index (χ2v) is 9.24. The van der Waals surface area contributed by atoms with Crippen LogP contribution in [0.4, 0.5) is 40.4 Å². The van der Waals surface area contributed by atoms with Crippen molar-refractivity contribution in [1.82, 2.24) is 4.98 Å². The van der Waals surface area contributed by atoms with Gasteiger partial charge in [0.05, 0.1) is 17.9 Å². The second kappa shape index (κ2) is 8.18. The van der Waals surface area contributed by atoms with Gasteiger partial charge >= 0.3 is 0 Å². The highest BCUT2D eigenvalue weighted by atomic mass is 19.3. The number of anilines is 4. The lowest BCUT2D eigenvalue weighted by Crippen LogP contribution is -2.40. The molecule has 1 N–H and O–H groups in total.